The fourth-order valence-corrected chi connectivity index (χ4v) is 1.75. The molecule has 17 heavy (non-hydrogen) atoms. The van der Waals surface area contributed by atoms with Crippen LogP contribution < -0.4 is 10.1 Å². The molecule has 0 radical (unpaired) electrons. The van der Waals surface area contributed by atoms with Crippen LogP contribution in [0, 0.1) is 9.49 Å². The SMILES string of the molecule is CC(C)CNC(=O)COc1cc(Cl)ccc1I. The fourth-order valence-electron chi connectivity index (χ4n) is 1.10. The van der Waals surface area contributed by atoms with E-state index in [1.807, 2.05) is 19.9 Å². The molecule has 1 amide bonds. The third kappa shape index (κ3) is 5.59. The lowest BCUT2D eigenvalue weighted by Crippen LogP contribution is -2.31. The Kier molecular flexibility index (Phi) is 6.05. The van der Waals surface area contributed by atoms with Crippen LogP contribution in [0.1, 0.15) is 13.8 Å². The van der Waals surface area contributed by atoms with Gasteiger partial charge in [0.1, 0.15) is 5.75 Å². The lowest BCUT2D eigenvalue weighted by atomic mass is 10.2. The molecule has 0 fully saturated rings. The van der Waals surface area contributed by atoms with Crippen LogP contribution in [0.3, 0.4) is 0 Å². The topological polar surface area (TPSA) is 38.3 Å². The van der Waals surface area contributed by atoms with Gasteiger partial charge in [0.05, 0.1) is 3.57 Å². The molecule has 0 bridgehead atoms. The lowest BCUT2D eigenvalue weighted by molar-refractivity contribution is -0.123. The van der Waals surface area contributed by atoms with Crippen molar-refractivity contribution in [2.24, 2.45) is 5.92 Å². The van der Waals surface area contributed by atoms with Crippen molar-refractivity contribution in [3.05, 3.63) is 26.8 Å². The number of halogens is 2. The summed E-state index contributed by atoms with van der Waals surface area (Å²) in [6.45, 7) is 4.76. The second kappa shape index (κ2) is 7.06. The van der Waals surface area contributed by atoms with Crippen LogP contribution in [0.25, 0.3) is 0 Å². The zero-order valence-corrected chi connectivity index (χ0v) is 12.7. The molecule has 0 heterocycles. The minimum atomic E-state index is -0.116. The van der Waals surface area contributed by atoms with Crippen LogP contribution in [-0.2, 0) is 4.79 Å². The smallest absolute Gasteiger partial charge is 0.257 e. The van der Waals surface area contributed by atoms with Crippen LogP contribution >= 0.6 is 34.2 Å². The number of amides is 1. The van der Waals surface area contributed by atoms with E-state index in [1.165, 1.54) is 0 Å². The van der Waals surface area contributed by atoms with Gasteiger partial charge in [-0.3, -0.25) is 4.79 Å². The number of carbonyl (C=O) groups excluding carboxylic acids is 1. The van der Waals surface area contributed by atoms with Gasteiger partial charge < -0.3 is 10.1 Å². The van der Waals surface area contributed by atoms with Gasteiger partial charge in [-0.1, -0.05) is 25.4 Å². The molecule has 5 heteroatoms. The Morgan fingerprint density at radius 1 is 1.53 bits per heavy atom. The van der Waals surface area contributed by atoms with E-state index in [0.29, 0.717) is 23.2 Å². The summed E-state index contributed by atoms with van der Waals surface area (Å²) in [7, 11) is 0. The average Bonchev–Trinajstić information content (AvgIpc) is 2.27. The quantitative estimate of drug-likeness (QED) is 0.812. The van der Waals surface area contributed by atoms with Gasteiger partial charge in [-0.25, -0.2) is 0 Å². The highest BCUT2D eigenvalue weighted by atomic mass is 127. The number of hydrogen-bond acceptors (Lipinski definition) is 2. The van der Waals surface area contributed by atoms with Gasteiger partial charge in [0.15, 0.2) is 6.61 Å². The standard InChI is InChI=1S/C12H15ClINO2/c1-8(2)6-15-12(16)7-17-11-5-9(13)3-4-10(11)14/h3-5,8H,6-7H2,1-2H3,(H,15,16). The van der Waals surface area contributed by atoms with E-state index in [0.717, 1.165) is 3.57 Å². The maximum Gasteiger partial charge on any atom is 0.257 e. The van der Waals surface area contributed by atoms with E-state index in [2.05, 4.69) is 27.9 Å². The molecule has 1 N–H and O–H groups in total. The number of rotatable bonds is 5. The molecule has 0 spiro atoms. The molecule has 94 valence electrons. The highest BCUT2D eigenvalue weighted by Gasteiger charge is 2.06. The zero-order valence-electron chi connectivity index (χ0n) is 9.80. The molecule has 0 aliphatic heterocycles. The Morgan fingerprint density at radius 2 is 2.24 bits per heavy atom. The predicted molar refractivity (Wildman–Crippen MR) is 77.5 cm³/mol. The predicted octanol–water partition coefficient (Wildman–Crippen LogP) is 3.10. The van der Waals surface area contributed by atoms with Gasteiger partial charge in [-0.15, -0.1) is 0 Å². The highest BCUT2D eigenvalue weighted by Crippen LogP contribution is 2.24. The molecule has 0 aliphatic rings. The van der Waals surface area contributed by atoms with E-state index in [1.54, 1.807) is 12.1 Å². The average molecular weight is 368 g/mol. The third-order valence-corrected chi connectivity index (χ3v) is 3.09. The Bertz CT molecular complexity index is 396. The summed E-state index contributed by atoms with van der Waals surface area (Å²) in [6.07, 6.45) is 0. The van der Waals surface area contributed by atoms with Gasteiger partial charge in [-0.05, 0) is 46.7 Å². The molecule has 0 aromatic heterocycles. The van der Waals surface area contributed by atoms with E-state index < -0.39 is 0 Å². The fraction of sp³-hybridized carbons (Fsp3) is 0.417. The molecule has 0 unspecified atom stereocenters. The molecule has 1 rings (SSSR count). The number of benzene rings is 1. The first kappa shape index (κ1) is 14.6. The first-order valence-corrected chi connectivity index (χ1v) is 6.79. The molecule has 1 aromatic rings. The normalized spacial score (nSPS) is 10.4. The molecule has 1 aromatic carbocycles. The molecule has 0 saturated heterocycles. The monoisotopic (exact) mass is 367 g/mol. The van der Waals surface area contributed by atoms with Crippen LogP contribution in [0.5, 0.6) is 5.75 Å². The zero-order chi connectivity index (χ0) is 12.8. The summed E-state index contributed by atoms with van der Waals surface area (Å²) >= 11 is 7.99. The first-order valence-electron chi connectivity index (χ1n) is 5.33. The second-order valence-corrected chi connectivity index (χ2v) is 5.66. The molecule has 0 atom stereocenters. The second-order valence-electron chi connectivity index (χ2n) is 4.06. The summed E-state index contributed by atoms with van der Waals surface area (Å²) in [4.78, 5) is 11.4. The van der Waals surface area contributed by atoms with Crippen molar-refractivity contribution in [1.82, 2.24) is 5.32 Å². The van der Waals surface area contributed by atoms with Crippen molar-refractivity contribution >= 4 is 40.1 Å². The van der Waals surface area contributed by atoms with E-state index in [-0.39, 0.29) is 12.5 Å². The van der Waals surface area contributed by atoms with Crippen LogP contribution in [0.15, 0.2) is 18.2 Å². The van der Waals surface area contributed by atoms with Crippen LogP contribution in [0.2, 0.25) is 5.02 Å². The minimum absolute atomic E-state index is 0.0169. The number of nitrogens with one attached hydrogen (secondary N) is 1. The van der Waals surface area contributed by atoms with Crippen molar-refractivity contribution in [3.8, 4) is 5.75 Å². The van der Waals surface area contributed by atoms with E-state index in [4.69, 9.17) is 16.3 Å². The first-order chi connectivity index (χ1) is 7.99. The Hall–Kier alpha value is -0.490. The van der Waals surface area contributed by atoms with Crippen molar-refractivity contribution in [2.75, 3.05) is 13.2 Å². The summed E-state index contributed by atoms with van der Waals surface area (Å²) in [6, 6.07) is 5.35. The minimum Gasteiger partial charge on any atom is -0.483 e. The van der Waals surface area contributed by atoms with Crippen molar-refractivity contribution < 1.29 is 9.53 Å². The molecule has 0 saturated carbocycles. The van der Waals surface area contributed by atoms with Gasteiger partial charge in [-0.2, -0.15) is 0 Å². The van der Waals surface area contributed by atoms with Crippen molar-refractivity contribution in [3.63, 3.8) is 0 Å². The van der Waals surface area contributed by atoms with Crippen LogP contribution in [0.4, 0.5) is 0 Å². The van der Waals surface area contributed by atoms with Gasteiger partial charge in [0, 0.05) is 11.6 Å². The van der Waals surface area contributed by atoms with Crippen molar-refractivity contribution in [2.45, 2.75) is 13.8 Å². The molecule has 3 nitrogen and oxygen atoms in total. The Morgan fingerprint density at radius 3 is 2.88 bits per heavy atom. The van der Waals surface area contributed by atoms with E-state index in [9.17, 15) is 4.79 Å². The molecular formula is C12H15ClINO2. The van der Waals surface area contributed by atoms with Gasteiger partial charge in [0.2, 0.25) is 0 Å². The van der Waals surface area contributed by atoms with Crippen LogP contribution in [-0.4, -0.2) is 19.1 Å². The summed E-state index contributed by atoms with van der Waals surface area (Å²) < 4.78 is 6.34. The largest absolute Gasteiger partial charge is 0.483 e. The summed E-state index contributed by atoms with van der Waals surface area (Å²) in [5.41, 5.74) is 0. The maximum absolute atomic E-state index is 11.4. The van der Waals surface area contributed by atoms with Crippen molar-refractivity contribution in [1.29, 1.82) is 0 Å². The summed E-state index contributed by atoms with van der Waals surface area (Å²) in [5, 5.41) is 3.39. The Balaban J connectivity index is 2.44. The molecular weight excluding hydrogens is 352 g/mol. The number of hydrogen-bond donors (Lipinski definition) is 1. The number of ether oxygens (including phenoxy) is 1. The third-order valence-electron chi connectivity index (χ3n) is 1.96. The summed E-state index contributed by atoms with van der Waals surface area (Å²) in [5.74, 6) is 0.956. The highest BCUT2D eigenvalue weighted by molar-refractivity contribution is 14.1. The maximum atomic E-state index is 11.4. The van der Waals surface area contributed by atoms with Gasteiger partial charge in [0.25, 0.3) is 5.91 Å². The Labute approximate surface area is 120 Å². The number of carbonyl (C=O) groups is 1. The molecule has 0 aliphatic carbocycles. The van der Waals surface area contributed by atoms with Gasteiger partial charge >= 0.3 is 0 Å². The lowest BCUT2D eigenvalue weighted by Gasteiger charge is -2.10. The van der Waals surface area contributed by atoms with E-state index >= 15 is 0 Å².